The lowest BCUT2D eigenvalue weighted by Gasteiger charge is -2.18. The third-order valence-corrected chi connectivity index (χ3v) is 3.97. The van der Waals surface area contributed by atoms with Gasteiger partial charge in [-0.3, -0.25) is 0 Å². The van der Waals surface area contributed by atoms with E-state index < -0.39 is 0 Å². The fraction of sp³-hybridized carbons (Fsp3) is 0.250. The van der Waals surface area contributed by atoms with E-state index in [1.54, 1.807) is 6.07 Å². The zero-order valence-corrected chi connectivity index (χ0v) is 14.3. The smallest absolute Gasteiger partial charge is 0.123 e. The Balaban J connectivity index is 2.14. The van der Waals surface area contributed by atoms with Crippen molar-refractivity contribution in [1.29, 1.82) is 0 Å². The van der Waals surface area contributed by atoms with Gasteiger partial charge in [0.2, 0.25) is 0 Å². The first-order valence-electron chi connectivity index (χ1n) is 8.20. The number of rotatable bonds is 5. The zero-order chi connectivity index (χ0) is 17.1. The van der Waals surface area contributed by atoms with E-state index in [9.17, 15) is 4.39 Å². The zero-order valence-electron chi connectivity index (χ0n) is 14.3. The summed E-state index contributed by atoms with van der Waals surface area (Å²) in [6, 6.07) is 14.8. The van der Waals surface area contributed by atoms with Crippen LogP contribution in [-0.4, -0.2) is 25.6 Å². The molecule has 1 N–H and O–H groups in total. The Morgan fingerprint density at radius 2 is 1.92 bits per heavy atom. The fourth-order valence-corrected chi connectivity index (χ4v) is 2.75. The molecule has 24 heavy (non-hydrogen) atoms. The van der Waals surface area contributed by atoms with Crippen molar-refractivity contribution < 1.29 is 4.39 Å². The van der Waals surface area contributed by atoms with Crippen molar-refractivity contribution in [2.75, 3.05) is 30.9 Å². The Morgan fingerprint density at radius 1 is 1.08 bits per heavy atom. The largest absolute Gasteiger partial charge is 0.385 e. The molecule has 0 spiro atoms. The van der Waals surface area contributed by atoms with Gasteiger partial charge in [-0.1, -0.05) is 19.1 Å². The van der Waals surface area contributed by atoms with Crippen LogP contribution in [0.4, 0.5) is 15.8 Å². The third kappa shape index (κ3) is 3.32. The topological polar surface area (TPSA) is 28.2 Å². The predicted molar refractivity (Wildman–Crippen MR) is 100 cm³/mol. The van der Waals surface area contributed by atoms with Crippen molar-refractivity contribution in [3.8, 4) is 11.3 Å². The van der Waals surface area contributed by atoms with Crippen LogP contribution in [0.3, 0.4) is 0 Å². The highest BCUT2D eigenvalue weighted by Crippen LogP contribution is 2.31. The Bertz CT molecular complexity index is 859. The first kappa shape index (κ1) is 16.2. The highest BCUT2D eigenvalue weighted by molar-refractivity contribution is 5.96. The Kier molecular flexibility index (Phi) is 4.65. The lowest BCUT2D eigenvalue weighted by atomic mass is 10.1. The molecule has 0 aliphatic rings. The summed E-state index contributed by atoms with van der Waals surface area (Å²) in [6.07, 6.45) is 1.08. The van der Waals surface area contributed by atoms with E-state index in [2.05, 4.69) is 23.2 Å². The van der Waals surface area contributed by atoms with E-state index in [1.807, 2.05) is 38.4 Å². The van der Waals surface area contributed by atoms with Gasteiger partial charge in [-0.2, -0.15) is 0 Å². The van der Waals surface area contributed by atoms with Gasteiger partial charge in [0, 0.05) is 43.0 Å². The molecule has 0 aliphatic heterocycles. The van der Waals surface area contributed by atoms with Crippen molar-refractivity contribution in [2.24, 2.45) is 0 Å². The summed E-state index contributed by atoms with van der Waals surface area (Å²) >= 11 is 0. The molecule has 2 aromatic carbocycles. The van der Waals surface area contributed by atoms with Crippen LogP contribution in [0.25, 0.3) is 22.2 Å². The number of nitrogens with zero attached hydrogens (tertiary/aromatic N) is 2. The summed E-state index contributed by atoms with van der Waals surface area (Å²) in [5, 5.41) is 4.49. The second-order valence-corrected chi connectivity index (χ2v) is 6.09. The van der Waals surface area contributed by atoms with E-state index in [0.29, 0.717) is 0 Å². The number of hydrogen-bond donors (Lipinski definition) is 1. The standard InChI is InChI=1S/C20H22FN3/c1-4-10-22-16-8-9-18-17(12-16)20(24(2)3)13-19(23-18)14-6-5-7-15(21)11-14/h5-9,11-13,22H,4,10H2,1-3H3. The van der Waals surface area contributed by atoms with Crippen LogP contribution in [0.15, 0.2) is 48.5 Å². The quantitative estimate of drug-likeness (QED) is 0.721. The molecule has 0 unspecified atom stereocenters. The molecule has 3 rings (SSSR count). The molecule has 0 saturated heterocycles. The Morgan fingerprint density at radius 3 is 2.62 bits per heavy atom. The van der Waals surface area contributed by atoms with Crippen LogP contribution in [0.5, 0.6) is 0 Å². The maximum absolute atomic E-state index is 13.6. The molecule has 1 heterocycles. The lowest BCUT2D eigenvalue weighted by Crippen LogP contribution is -2.10. The molecule has 0 saturated carbocycles. The number of nitrogens with one attached hydrogen (secondary N) is 1. The predicted octanol–water partition coefficient (Wildman–Crippen LogP) is 4.93. The number of fused-ring (bicyclic) bond motifs is 1. The number of benzene rings is 2. The average molecular weight is 323 g/mol. The molecule has 124 valence electrons. The third-order valence-electron chi connectivity index (χ3n) is 3.97. The fourth-order valence-electron chi connectivity index (χ4n) is 2.75. The summed E-state index contributed by atoms with van der Waals surface area (Å²) < 4.78 is 13.6. The molecule has 3 nitrogen and oxygen atoms in total. The lowest BCUT2D eigenvalue weighted by molar-refractivity contribution is 0.628. The van der Waals surface area contributed by atoms with Crippen molar-refractivity contribution in [3.63, 3.8) is 0 Å². The first-order chi connectivity index (χ1) is 11.6. The maximum atomic E-state index is 13.6. The monoisotopic (exact) mass is 323 g/mol. The molecular formula is C20H22FN3. The minimum absolute atomic E-state index is 0.250. The maximum Gasteiger partial charge on any atom is 0.123 e. The van der Waals surface area contributed by atoms with Crippen LogP contribution in [-0.2, 0) is 0 Å². The van der Waals surface area contributed by atoms with Crippen LogP contribution < -0.4 is 10.2 Å². The molecule has 0 amide bonds. The molecule has 4 heteroatoms. The van der Waals surface area contributed by atoms with Gasteiger partial charge in [0.1, 0.15) is 5.82 Å². The van der Waals surface area contributed by atoms with Crippen molar-refractivity contribution in [3.05, 3.63) is 54.3 Å². The van der Waals surface area contributed by atoms with E-state index in [4.69, 9.17) is 4.98 Å². The van der Waals surface area contributed by atoms with Crippen LogP contribution >= 0.6 is 0 Å². The van der Waals surface area contributed by atoms with Gasteiger partial charge in [0.25, 0.3) is 0 Å². The minimum Gasteiger partial charge on any atom is -0.385 e. The van der Waals surface area contributed by atoms with Crippen LogP contribution in [0.2, 0.25) is 0 Å². The SMILES string of the molecule is CCCNc1ccc2nc(-c3cccc(F)c3)cc(N(C)C)c2c1. The highest BCUT2D eigenvalue weighted by atomic mass is 19.1. The summed E-state index contributed by atoms with van der Waals surface area (Å²) in [6.45, 7) is 3.09. The molecule has 0 atom stereocenters. The van der Waals surface area contributed by atoms with Gasteiger partial charge >= 0.3 is 0 Å². The molecule has 0 aliphatic carbocycles. The Hall–Kier alpha value is -2.62. The average Bonchev–Trinajstić information content (AvgIpc) is 2.58. The van der Waals surface area contributed by atoms with Gasteiger partial charge in [-0.05, 0) is 42.8 Å². The Labute approximate surface area is 142 Å². The van der Waals surface area contributed by atoms with Gasteiger partial charge < -0.3 is 10.2 Å². The van der Waals surface area contributed by atoms with Crippen molar-refractivity contribution in [2.45, 2.75) is 13.3 Å². The van der Waals surface area contributed by atoms with Crippen LogP contribution in [0.1, 0.15) is 13.3 Å². The van der Waals surface area contributed by atoms with E-state index in [-0.39, 0.29) is 5.82 Å². The van der Waals surface area contributed by atoms with Crippen LogP contribution in [0, 0.1) is 5.82 Å². The van der Waals surface area contributed by atoms with E-state index in [1.165, 1.54) is 12.1 Å². The van der Waals surface area contributed by atoms with Gasteiger partial charge in [0.15, 0.2) is 0 Å². The summed E-state index contributed by atoms with van der Waals surface area (Å²) in [5.74, 6) is -0.250. The van der Waals surface area contributed by atoms with Gasteiger partial charge in [-0.15, -0.1) is 0 Å². The van der Waals surface area contributed by atoms with Gasteiger partial charge in [-0.25, -0.2) is 9.37 Å². The second-order valence-electron chi connectivity index (χ2n) is 6.09. The second kappa shape index (κ2) is 6.87. The number of aromatic nitrogens is 1. The van der Waals surface area contributed by atoms with Crippen molar-refractivity contribution in [1.82, 2.24) is 4.98 Å². The molecule has 1 aromatic heterocycles. The van der Waals surface area contributed by atoms with Crippen molar-refractivity contribution >= 4 is 22.3 Å². The summed E-state index contributed by atoms with van der Waals surface area (Å²) in [5.41, 5.74) is 4.63. The molecule has 0 bridgehead atoms. The minimum atomic E-state index is -0.250. The van der Waals surface area contributed by atoms with E-state index >= 15 is 0 Å². The first-order valence-corrected chi connectivity index (χ1v) is 8.20. The normalized spacial score (nSPS) is 10.8. The van der Waals surface area contributed by atoms with Gasteiger partial charge in [0.05, 0.1) is 11.2 Å². The number of anilines is 2. The number of hydrogen-bond acceptors (Lipinski definition) is 3. The number of halogens is 1. The molecule has 3 aromatic rings. The number of pyridine rings is 1. The van der Waals surface area contributed by atoms with E-state index in [0.717, 1.165) is 46.5 Å². The molecule has 0 fully saturated rings. The summed E-state index contributed by atoms with van der Waals surface area (Å²) in [4.78, 5) is 6.80. The summed E-state index contributed by atoms with van der Waals surface area (Å²) in [7, 11) is 4.02. The molecule has 0 radical (unpaired) electrons. The molecular weight excluding hydrogens is 301 g/mol. The highest BCUT2D eigenvalue weighted by Gasteiger charge is 2.10.